The predicted octanol–water partition coefficient (Wildman–Crippen LogP) is 6.07. The van der Waals surface area contributed by atoms with Crippen molar-refractivity contribution in [1.82, 2.24) is 4.90 Å². The molecule has 1 N–H and O–H groups in total. The minimum atomic E-state index is -1.14. The normalized spacial score (nSPS) is 16.0. The molecule has 5 rings (SSSR count). The van der Waals surface area contributed by atoms with E-state index >= 15 is 0 Å². The summed E-state index contributed by atoms with van der Waals surface area (Å²) in [7, 11) is 1.44. The highest BCUT2D eigenvalue weighted by molar-refractivity contribution is 7.09. The smallest absolute Gasteiger partial charge is 0.290 e. The fraction of sp³-hybridized carbons (Fsp3) is 0.120. The molecule has 6 nitrogen and oxygen atoms in total. The lowest BCUT2D eigenvalue weighted by Gasteiger charge is -2.26. The maximum atomic E-state index is 14.9. The first kappa shape index (κ1) is 22.2. The molecular weight excluding hydrogens is 481 g/mol. The average molecular weight is 498 g/mol. The van der Waals surface area contributed by atoms with Gasteiger partial charge in [0.1, 0.15) is 5.82 Å². The lowest BCUT2D eigenvalue weighted by molar-refractivity contribution is -0.130. The molecule has 0 spiro atoms. The number of amides is 1. The molecule has 0 fully saturated rings. The maximum Gasteiger partial charge on any atom is 0.290 e. The molecule has 1 aliphatic heterocycles. The number of benzene rings is 2. The second-order valence-electron chi connectivity index (χ2n) is 7.66. The number of nitrogens with zero attached hydrogens (tertiary/aromatic N) is 1. The summed E-state index contributed by atoms with van der Waals surface area (Å²) in [5.41, 5.74) is 0.130. The number of aliphatic hydroxyl groups is 1. The van der Waals surface area contributed by atoms with Gasteiger partial charge in [0.05, 0.1) is 25.3 Å². The maximum absolute atomic E-state index is 14.9. The molecule has 3 heterocycles. The summed E-state index contributed by atoms with van der Waals surface area (Å²) in [6.07, 6.45) is 0. The Morgan fingerprint density at radius 1 is 1.24 bits per heavy atom. The third kappa shape index (κ3) is 3.65. The summed E-state index contributed by atoms with van der Waals surface area (Å²) in [6.45, 7) is 0.0971. The molecule has 1 atom stereocenters. The van der Waals surface area contributed by atoms with E-state index in [1.54, 1.807) is 18.2 Å². The number of rotatable bonds is 6. The fourth-order valence-corrected chi connectivity index (χ4v) is 5.04. The summed E-state index contributed by atoms with van der Waals surface area (Å²) in [5, 5.41) is 13.5. The lowest BCUT2D eigenvalue weighted by Crippen LogP contribution is -2.31. The van der Waals surface area contributed by atoms with Crippen molar-refractivity contribution in [3.05, 3.63) is 98.4 Å². The molecule has 0 bridgehead atoms. The van der Waals surface area contributed by atoms with Crippen LogP contribution in [0.3, 0.4) is 0 Å². The van der Waals surface area contributed by atoms with Gasteiger partial charge in [0, 0.05) is 26.9 Å². The van der Waals surface area contributed by atoms with E-state index in [0.717, 1.165) is 4.88 Å². The van der Waals surface area contributed by atoms with Crippen LogP contribution in [0.4, 0.5) is 4.39 Å². The number of carbonyl (C=O) groups excluding carboxylic acids is 2. The Kier molecular flexibility index (Phi) is 5.63. The number of methoxy groups -OCH3 is 1. The Hall–Kier alpha value is -3.62. The summed E-state index contributed by atoms with van der Waals surface area (Å²) in [4.78, 5) is 28.8. The van der Waals surface area contributed by atoms with Crippen molar-refractivity contribution in [3.63, 3.8) is 0 Å². The highest BCUT2D eigenvalue weighted by Crippen LogP contribution is 2.42. The van der Waals surface area contributed by atoms with E-state index in [0.29, 0.717) is 16.2 Å². The summed E-state index contributed by atoms with van der Waals surface area (Å²) in [6, 6.07) is 13.0. The van der Waals surface area contributed by atoms with E-state index in [-0.39, 0.29) is 29.0 Å². The van der Waals surface area contributed by atoms with E-state index in [4.69, 9.17) is 20.8 Å². The van der Waals surface area contributed by atoms with Gasteiger partial charge in [-0.2, -0.15) is 0 Å². The van der Waals surface area contributed by atoms with Gasteiger partial charge >= 0.3 is 0 Å². The van der Waals surface area contributed by atoms with Crippen molar-refractivity contribution in [2.75, 3.05) is 7.11 Å². The number of hydrogen-bond acceptors (Lipinski definition) is 6. The Bertz CT molecular complexity index is 1460. The van der Waals surface area contributed by atoms with Gasteiger partial charge in [-0.1, -0.05) is 35.9 Å². The van der Waals surface area contributed by atoms with E-state index < -0.39 is 29.3 Å². The van der Waals surface area contributed by atoms with Crippen LogP contribution in [0.2, 0.25) is 5.02 Å². The van der Waals surface area contributed by atoms with Crippen LogP contribution < -0.4 is 4.74 Å². The van der Waals surface area contributed by atoms with Crippen molar-refractivity contribution in [3.8, 4) is 5.75 Å². The Morgan fingerprint density at radius 3 is 2.74 bits per heavy atom. The van der Waals surface area contributed by atoms with Gasteiger partial charge in [0.2, 0.25) is 5.78 Å². The second kappa shape index (κ2) is 8.62. The van der Waals surface area contributed by atoms with Crippen LogP contribution in [0.5, 0.6) is 5.75 Å². The van der Waals surface area contributed by atoms with Gasteiger partial charge in [0.15, 0.2) is 22.9 Å². The number of halogens is 2. The number of furan rings is 1. The quantitative estimate of drug-likeness (QED) is 0.327. The molecular formula is C25H17ClFNO5S. The van der Waals surface area contributed by atoms with E-state index in [1.165, 1.54) is 47.6 Å². The topological polar surface area (TPSA) is 80.0 Å². The number of ketones is 1. The number of thiophene rings is 1. The number of ether oxygens (including phenoxy) is 1. The van der Waals surface area contributed by atoms with Gasteiger partial charge in [-0.3, -0.25) is 9.59 Å². The Morgan fingerprint density at radius 2 is 2.03 bits per heavy atom. The largest absolute Gasteiger partial charge is 0.503 e. The highest BCUT2D eigenvalue weighted by Gasteiger charge is 2.45. The van der Waals surface area contributed by atoms with Crippen molar-refractivity contribution in [1.29, 1.82) is 0 Å². The molecule has 0 radical (unpaired) electrons. The van der Waals surface area contributed by atoms with Crippen molar-refractivity contribution >= 4 is 45.6 Å². The summed E-state index contributed by atoms with van der Waals surface area (Å²) in [5.74, 6) is -2.64. The molecule has 4 aromatic rings. The molecule has 0 aliphatic carbocycles. The summed E-state index contributed by atoms with van der Waals surface area (Å²) >= 11 is 7.53. The molecule has 0 saturated heterocycles. The zero-order valence-electron chi connectivity index (χ0n) is 17.7. The van der Waals surface area contributed by atoms with Crippen LogP contribution >= 0.6 is 22.9 Å². The lowest BCUT2D eigenvalue weighted by atomic mass is 9.94. The molecule has 2 aromatic heterocycles. The third-order valence-corrected chi connectivity index (χ3v) is 6.72. The molecule has 34 heavy (non-hydrogen) atoms. The molecule has 2 aromatic carbocycles. The molecule has 9 heteroatoms. The van der Waals surface area contributed by atoms with E-state index in [2.05, 4.69) is 0 Å². The first-order valence-electron chi connectivity index (χ1n) is 10.2. The SMILES string of the molecule is COc1cc(Cl)cc2cc(C(=O)C3=C(O)C(=O)N(Cc4cccs4)C3c3ccccc3F)oc12. The number of aliphatic hydroxyl groups excluding tert-OH is 1. The standard InChI is InChI=1S/C25H17ClFNO5S/c1-32-19-11-14(26)9-13-10-18(33-24(13)19)22(29)20-21(16-6-2-3-7-17(16)27)28(25(31)23(20)30)12-15-5-4-8-34-15/h2-11,21,30H,12H2,1H3. The average Bonchev–Trinajstić information content (AvgIpc) is 3.54. The molecule has 172 valence electrons. The predicted molar refractivity (Wildman–Crippen MR) is 126 cm³/mol. The number of fused-ring (bicyclic) bond motifs is 1. The van der Waals surface area contributed by atoms with Gasteiger partial charge in [-0.15, -0.1) is 11.3 Å². The first-order valence-corrected chi connectivity index (χ1v) is 11.5. The van der Waals surface area contributed by atoms with Gasteiger partial charge in [-0.25, -0.2) is 4.39 Å². The van der Waals surface area contributed by atoms with Gasteiger partial charge < -0.3 is 19.2 Å². The van der Waals surface area contributed by atoms with Gasteiger partial charge in [0.25, 0.3) is 5.91 Å². The minimum Gasteiger partial charge on any atom is -0.503 e. The van der Waals surface area contributed by atoms with Crippen molar-refractivity contribution in [2.45, 2.75) is 12.6 Å². The van der Waals surface area contributed by atoms with Crippen molar-refractivity contribution in [2.24, 2.45) is 0 Å². The van der Waals surface area contributed by atoms with Crippen LogP contribution in [-0.2, 0) is 11.3 Å². The van der Waals surface area contributed by atoms with Crippen LogP contribution in [0.1, 0.15) is 27.0 Å². The summed E-state index contributed by atoms with van der Waals surface area (Å²) < 4.78 is 25.9. The minimum absolute atomic E-state index is 0.0940. The zero-order chi connectivity index (χ0) is 24.0. The molecule has 1 aliphatic rings. The molecule has 1 unspecified atom stereocenters. The fourth-order valence-electron chi connectivity index (χ4n) is 4.12. The van der Waals surface area contributed by atoms with Crippen LogP contribution in [0.15, 0.2) is 75.7 Å². The molecule has 1 amide bonds. The van der Waals surface area contributed by atoms with Crippen LogP contribution in [0, 0.1) is 5.82 Å². The third-order valence-electron chi connectivity index (χ3n) is 5.65. The van der Waals surface area contributed by atoms with Crippen LogP contribution in [0.25, 0.3) is 11.0 Å². The highest BCUT2D eigenvalue weighted by atomic mass is 35.5. The number of carbonyl (C=O) groups is 2. The first-order chi connectivity index (χ1) is 16.4. The van der Waals surface area contributed by atoms with Crippen LogP contribution in [-0.4, -0.2) is 28.8 Å². The second-order valence-corrected chi connectivity index (χ2v) is 9.13. The number of Topliss-reactive ketones (excluding diaryl/α,β-unsaturated/α-hetero) is 1. The monoisotopic (exact) mass is 497 g/mol. The number of hydrogen-bond donors (Lipinski definition) is 1. The van der Waals surface area contributed by atoms with E-state index in [9.17, 15) is 19.1 Å². The Balaban J connectivity index is 1.63. The van der Waals surface area contributed by atoms with E-state index in [1.807, 2.05) is 17.5 Å². The zero-order valence-corrected chi connectivity index (χ0v) is 19.3. The molecule has 0 saturated carbocycles. The van der Waals surface area contributed by atoms with Gasteiger partial charge in [-0.05, 0) is 29.6 Å². The van der Waals surface area contributed by atoms with Crippen molar-refractivity contribution < 1.29 is 28.2 Å². The Labute approximate surface area is 202 Å².